The van der Waals surface area contributed by atoms with Crippen molar-refractivity contribution in [3.05, 3.63) is 11.6 Å². The lowest BCUT2D eigenvalue weighted by Crippen LogP contribution is -2.37. The minimum absolute atomic E-state index is 0.153. The van der Waals surface area contributed by atoms with Crippen molar-refractivity contribution in [2.24, 2.45) is 0 Å². The second kappa shape index (κ2) is 5.50. The minimum atomic E-state index is -1.06. The van der Waals surface area contributed by atoms with Crippen LogP contribution in [0.5, 0.6) is 0 Å². The van der Waals surface area contributed by atoms with Crippen molar-refractivity contribution < 1.29 is 19.4 Å². The van der Waals surface area contributed by atoms with E-state index in [1.165, 1.54) is 5.57 Å². The van der Waals surface area contributed by atoms with Gasteiger partial charge in [0.05, 0.1) is 0 Å². The summed E-state index contributed by atoms with van der Waals surface area (Å²) in [5.41, 5.74) is 1.28. The fraction of sp³-hybridized carbons (Fsp3) is 0.600. The lowest BCUT2D eigenvalue weighted by atomic mass is 10.1. The van der Waals surface area contributed by atoms with E-state index in [0.29, 0.717) is 13.1 Å². The van der Waals surface area contributed by atoms with Crippen LogP contribution in [0, 0.1) is 0 Å². The van der Waals surface area contributed by atoms with Gasteiger partial charge in [-0.15, -0.1) is 0 Å². The van der Waals surface area contributed by atoms with Crippen LogP contribution in [0.25, 0.3) is 0 Å². The third kappa shape index (κ3) is 4.12. The van der Waals surface area contributed by atoms with Crippen LogP contribution in [0.3, 0.4) is 0 Å². The van der Waals surface area contributed by atoms with E-state index in [2.05, 4.69) is 0 Å². The van der Waals surface area contributed by atoms with Crippen molar-refractivity contribution in [1.29, 1.82) is 0 Å². The molecular formula is C10H15NO4. The molecule has 0 aliphatic carbocycles. The fourth-order valence-electron chi connectivity index (χ4n) is 1.31. The molecule has 0 bridgehead atoms. The maximum Gasteiger partial charge on any atom is 0.329 e. The number of carboxylic acid groups (broad SMARTS) is 1. The summed E-state index contributed by atoms with van der Waals surface area (Å²) < 4.78 is 4.73. The van der Waals surface area contributed by atoms with Gasteiger partial charge in [0.15, 0.2) is 0 Å². The Morgan fingerprint density at radius 1 is 1.53 bits per heavy atom. The van der Waals surface area contributed by atoms with Gasteiger partial charge in [-0.25, -0.2) is 4.79 Å². The van der Waals surface area contributed by atoms with Crippen LogP contribution in [0.4, 0.5) is 0 Å². The number of rotatable bonds is 4. The Morgan fingerprint density at radius 2 is 2.27 bits per heavy atom. The molecule has 0 aromatic heterocycles. The van der Waals surface area contributed by atoms with Crippen molar-refractivity contribution in [1.82, 2.24) is 4.90 Å². The first kappa shape index (κ1) is 11.7. The topological polar surface area (TPSA) is 66.8 Å². The number of nitrogens with zero attached hydrogens (tertiary/aromatic N) is 1. The van der Waals surface area contributed by atoms with E-state index < -0.39 is 12.6 Å². The van der Waals surface area contributed by atoms with Crippen LogP contribution in [-0.4, -0.2) is 48.2 Å². The summed E-state index contributed by atoms with van der Waals surface area (Å²) in [6, 6.07) is 0. The SMILES string of the molecule is CC1=CCN(C(=O)COCC(=O)O)CC1. The Kier molecular flexibility index (Phi) is 4.30. The van der Waals surface area contributed by atoms with Gasteiger partial charge in [0, 0.05) is 13.1 Å². The van der Waals surface area contributed by atoms with Crippen molar-refractivity contribution in [2.45, 2.75) is 13.3 Å². The van der Waals surface area contributed by atoms with E-state index in [0.717, 1.165) is 6.42 Å². The molecule has 1 aliphatic rings. The summed E-state index contributed by atoms with van der Waals surface area (Å²) in [6.07, 6.45) is 2.88. The highest BCUT2D eigenvalue weighted by Gasteiger charge is 2.15. The van der Waals surface area contributed by atoms with Gasteiger partial charge in [0.1, 0.15) is 13.2 Å². The van der Waals surface area contributed by atoms with Gasteiger partial charge >= 0.3 is 5.97 Å². The zero-order valence-electron chi connectivity index (χ0n) is 8.73. The van der Waals surface area contributed by atoms with Crippen LogP contribution in [-0.2, 0) is 14.3 Å². The van der Waals surface area contributed by atoms with E-state index in [9.17, 15) is 9.59 Å². The average Bonchev–Trinajstić information content (AvgIpc) is 2.18. The molecule has 15 heavy (non-hydrogen) atoms. The highest BCUT2D eigenvalue weighted by Crippen LogP contribution is 2.09. The molecule has 0 spiro atoms. The predicted molar refractivity (Wildman–Crippen MR) is 53.4 cm³/mol. The number of carboxylic acids is 1. The van der Waals surface area contributed by atoms with Crippen molar-refractivity contribution in [3.8, 4) is 0 Å². The lowest BCUT2D eigenvalue weighted by Gasteiger charge is -2.25. The number of hydrogen-bond donors (Lipinski definition) is 1. The molecule has 0 aromatic carbocycles. The van der Waals surface area contributed by atoms with Crippen LogP contribution in [0.2, 0.25) is 0 Å². The number of ether oxygens (including phenoxy) is 1. The van der Waals surface area contributed by atoms with E-state index in [4.69, 9.17) is 9.84 Å². The summed E-state index contributed by atoms with van der Waals surface area (Å²) in [5, 5.41) is 8.31. The molecule has 0 saturated heterocycles. The molecule has 1 N–H and O–H groups in total. The Bertz CT molecular complexity index is 285. The fourth-order valence-corrected chi connectivity index (χ4v) is 1.31. The number of amides is 1. The number of hydrogen-bond acceptors (Lipinski definition) is 3. The van der Waals surface area contributed by atoms with E-state index in [1.54, 1.807) is 4.90 Å². The zero-order valence-corrected chi connectivity index (χ0v) is 8.73. The number of aliphatic carboxylic acids is 1. The van der Waals surface area contributed by atoms with Gasteiger partial charge in [0.25, 0.3) is 0 Å². The Balaban J connectivity index is 2.26. The number of carbonyl (C=O) groups excluding carboxylic acids is 1. The molecule has 0 radical (unpaired) electrons. The van der Waals surface area contributed by atoms with Crippen molar-refractivity contribution >= 4 is 11.9 Å². The standard InChI is InChI=1S/C10H15NO4/c1-8-2-4-11(5-3-8)9(12)6-15-7-10(13)14/h2H,3-7H2,1H3,(H,13,14). The first-order valence-corrected chi connectivity index (χ1v) is 4.82. The largest absolute Gasteiger partial charge is 0.480 e. The Morgan fingerprint density at radius 3 is 2.80 bits per heavy atom. The van der Waals surface area contributed by atoms with Gasteiger partial charge < -0.3 is 14.7 Å². The molecule has 0 atom stereocenters. The second-order valence-electron chi connectivity index (χ2n) is 3.53. The van der Waals surface area contributed by atoms with E-state index >= 15 is 0 Å². The van der Waals surface area contributed by atoms with Gasteiger partial charge in [-0.05, 0) is 13.3 Å². The molecule has 0 unspecified atom stereocenters. The van der Waals surface area contributed by atoms with Gasteiger partial charge in [0.2, 0.25) is 5.91 Å². The average molecular weight is 213 g/mol. The van der Waals surface area contributed by atoms with Gasteiger partial charge in [-0.2, -0.15) is 0 Å². The van der Waals surface area contributed by atoms with E-state index in [-0.39, 0.29) is 12.5 Å². The Labute approximate surface area is 88.3 Å². The van der Waals surface area contributed by atoms with Crippen LogP contribution < -0.4 is 0 Å². The van der Waals surface area contributed by atoms with Crippen molar-refractivity contribution in [3.63, 3.8) is 0 Å². The third-order valence-corrected chi connectivity index (χ3v) is 2.24. The first-order valence-electron chi connectivity index (χ1n) is 4.82. The first-order chi connectivity index (χ1) is 7.09. The summed E-state index contributed by atoms with van der Waals surface area (Å²) in [5.74, 6) is -1.21. The summed E-state index contributed by atoms with van der Waals surface area (Å²) in [6.45, 7) is 2.75. The van der Waals surface area contributed by atoms with Crippen LogP contribution in [0.15, 0.2) is 11.6 Å². The smallest absolute Gasteiger partial charge is 0.329 e. The van der Waals surface area contributed by atoms with Crippen LogP contribution >= 0.6 is 0 Å². The molecule has 0 fully saturated rings. The Hall–Kier alpha value is -1.36. The molecule has 84 valence electrons. The van der Waals surface area contributed by atoms with Crippen LogP contribution in [0.1, 0.15) is 13.3 Å². The molecule has 5 heteroatoms. The normalized spacial score (nSPS) is 16.1. The highest BCUT2D eigenvalue weighted by molar-refractivity contribution is 5.78. The van der Waals surface area contributed by atoms with Gasteiger partial charge in [-0.1, -0.05) is 11.6 Å². The summed E-state index contributed by atoms with van der Waals surface area (Å²) in [4.78, 5) is 23.3. The van der Waals surface area contributed by atoms with Crippen molar-refractivity contribution in [2.75, 3.05) is 26.3 Å². The molecular weight excluding hydrogens is 198 g/mol. The third-order valence-electron chi connectivity index (χ3n) is 2.24. The van der Waals surface area contributed by atoms with E-state index in [1.807, 2.05) is 13.0 Å². The highest BCUT2D eigenvalue weighted by atomic mass is 16.5. The molecule has 1 amide bonds. The quantitative estimate of drug-likeness (QED) is 0.680. The molecule has 1 rings (SSSR count). The number of carbonyl (C=O) groups is 2. The second-order valence-corrected chi connectivity index (χ2v) is 3.53. The molecule has 1 aliphatic heterocycles. The molecule has 0 aromatic rings. The summed E-state index contributed by atoms with van der Waals surface area (Å²) in [7, 11) is 0. The molecule has 5 nitrogen and oxygen atoms in total. The molecule has 1 heterocycles. The zero-order chi connectivity index (χ0) is 11.3. The predicted octanol–water partition coefficient (Wildman–Crippen LogP) is 0.266. The van der Waals surface area contributed by atoms with Gasteiger partial charge in [-0.3, -0.25) is 4.79 Å². The maximum atomic E-state index is 11.5. The lowest BCUT2D eigenvalue weighted by molar-refractivity contribution is -0.145. The monoisotopic (exact) mass is 213 g/mol. The molecule has 0 saturated carbocycles. The summed E-state index contributed by atoms with van der Waals surface area (Å²) >= 11 is 0. The maximum absolute atomic E-state index is 11.5. The minimum Gasteiger partial charge on any atom is -0.480 e.